The standard InChI is InChI=1S/C18H19ClN6O2S.C10H14ClN3/c1-13-11-14(19)12-21-18(13)24-7-9-25(10-8-24)28(26,27)23-17-5-4-15-16(22-17)3-2-6-20-15;1-8-6-9(11)7-13-10(8)14-4-2-12-3-5-14/h2-6,11-12H,7-10H2,1H3,(H,22,23);6-7,12H,2-5H2,1H3. The van der Waals surface area contributed by atoms with Crippen LogP contribution in [0.1, 0.15) is 11.1 Å². The zero-order valence-electron chi connectivity index (χ0n) is 23.5. The van der Waals surface area contributed by atoms with Crippen LogP contribution in [-0.4, -0.2) is 85.0 Å². The molecule has 0 atom stereocenters. The van der Waals surface area contributed by atoms with E-state index in [1.165, 1.54) is 4.31 Å². The molecule has 4 aromatic heterocycles. The predicted octanol–water partition coefficient (Wildman–Crippen LogP) is 3.92. The predicted molar refractivity (Wildman–Crippen MR) is 169 cm³/mol. The van der Waals surface area contributed by atoms with Crippen molar-refractivity contribution in [3.8, 4) is 0 Å². The largest absolute Gasteiger partial charge is 0.354 e. The molecule has 222 valence electrons. The summed E-state index contributed by atoms with van der Waals surface area (Å²) in [6, 6.07) is 10.7. The van der Waals surface area contributed by atoms with E-state index < -0.39 is 10.2 Å². The van der Waals surface area contributed by atoms with Gasteiger partial charge in [-0.05, 0) is 61.4 Å². The molecule has 4 aromatic rings. The van der Waals surface area contributed by atoms with E-state index in [0.717, 1.165) is 48.9 Å². The summed E-state index contributed by atoms with van der Waals surface area (Å²) in [4.78, 5) is 21.6. The van der Waals surface area contributed by atoms with Crippen molar-refractivity contribution in [3.05, 3.63) is 76.2 Å². The zero-order valence-corrected chi connectivity index (χ0v) is 25.8. The molecule has 2 aliphatic heterocycles. The Bertz CT molecular complexity index is 1640. The average Bonchev–Trinajstić information content (AvgIpc) is 2.98. The van der Waals surface area contributed by atoms with Crippen molar-refractivity contribution in [2.24, 2.45) is 0 Å². The summed E-state index contributed by atoms with van der Waals surface area (Å²) in [5.41, 5.74) is 3.47. The fourth-order valence-corrected chi connectivity index (χ4v) is 6.53. The van der Waals surface area contributed by atoms with E-state index in [-0.39, 0.29) is 5.82 Å². The molecule has 2 N–H and O–H groups in total. The molecule has 0 unspecified atom stereocenters. The van der Waals surface area contributed by atoms with Crippen molar-refractivity contribution in [3.63, 3.8) is 0 Å². The number of fused-ring (bicyclic) bond motifs is 1. The van der Waals surface area contributed by atoms with Gasteiger partial charge in [-0.2, -0.15) is 12.7 Å². The number of aromatic nitrogens is 4. The highest BCUT2D eigenvalue weighted by Crippen LogP contribution is 2.23. The van der Waals surface area contributed by atoms with E-state index in [4.69, 9.17) is 23.2 Å². The maximum Gasteiger partial charge on any atom is 0.302 e. The van der Waals surface area contributed by atoms with Gasteiger partial charge >= 0.3 is 10.2 Å². The monoisotopic (exact) mass is 629 g/mol. The summed E-state index contributed by atoms with van der Waals surface area (Å²) in [5, 5.41) is 4.62. The first kappa shape index (κ1) is 30.2. The maximum atomic E-state index is 12.8. The third-order valence-corrected chi connectivity index (χ3v) is 8.94. The van der Waals surface area contributed by atoms with Gasteiger partial charge in [0.15, 0.2) is 0 Å². The molecule has 0 spiro atoms. The Labute approximate surface area is 256 Å². The molecule has 0 radical (unpaired) electrons. The van der Waals surface area contributed by atoms with Crippen molar-refractivity contribution in [1.82, 2.24) is 29.6 Å². The highest BCUT2D eigenvalue weighted by molar-refractivity contribution is 7.90. The van der Waals surface area contributed by atoms with Gasteiger partial charge in [0.2, 0.25) is 0 Å². The number of anilines is 3. The van der Waals surface area contributed by atoms with Crippen LogP contribution < -0.4 is 19.8 Å². The Hall–Kier alpha value is -3.29. The van der Waals surface area contributed by atoms with E-state index in [0.29, 0.717) is 47.3 Å². The minimum absolute atomic E-state index is 0.276. The Balaban J connectivity index is 0.000000211. The molecule has 14 heteroatoms. The van der Waals surface area contributed by atoms with Crippen LogP contribution in [0.5, 0.6) is 0 Å². The van der Waals surface area contributed by atoms with Gasteiger partial charge in [-0.25, -0.2) is 15.0 Å². The fraction of sp³-hybridized carbons (Fsp3) is 0.357. The summed E-state index contributed by atoms with van der Waals surface area (Å²) >= 11 is 11.8. The van der Waals surface area contributed by atoms with Gasteiger partial charge in [0, 0.05) is 70.9 Å². The fourth-order valence-electron chi connectivity index (χ4n) is 4.96. The van der Waals surface area contributed by atoms with Gasteiger partial charge in [-0.1, -0.05) is 23.2 Å². The lowest BCUT2D eigenvalue weighted by Gasteiger charge is -2.35. The van der Waals surface area contributed by atoms with Crippen molar-refractivity contribution in [1.29, 1.82) is 0 Å². The van der Waals surface area contributed by atoms with Gasteiger partial charge < -0.3 is 15.1 Å². The summed E-state index contributed by atoms with van der Waals surface area (Å²) in [7, 11) is -3.70. The van der Waals surface area contributed by atoms with Crippen LogP contribution in [0.15, 0.2) is 55.0 Å². The molecule has 11 nitrogen and oxygen atoms in total. The van der Waals surface area contributed by atoms with Gasteiger partial charge in [-0.3, -0.25) is 9.71 Å². The summed E-state index contributed by atoms with van der Waals surface area (Å²) in [6.45, 7) is 9.91. The molecule has 0 aromatic carbocycles. The van der Waals surface area contributed by atoms with Crippen molar-refractivity contribution >= 4 is 61.9 Å². The minimum Gasteiger partial charge on any atom is -0.354 e. The molecule has 2 saturated heterocycles. The van der Waals surface area contributed by atoms with Gasteiger partial charge in [-0.15, -0.1) is 0 Å². The Morgan fingerprint density at radius 3 is 1.98 bits per heavy atom. The Kier molecular flexibility index (Phi) is 9.59. The Morgan fingerprint density at radius 2 is 1.38 bits per heavy atom. The first-order chi connectivity index (χ1) is 20.2. The number of aryl methyl sites for hydroxylation is 2. The molecule has 6 rings (SSSR count). The lowest BCUT2D eigenvalue weighted by molar-refractivity contribution is 0.386. The van der Waals surface area contributed by atoms with Crippen LogP contribution in [0.25, 0.3) is 11.0 Å². The molecule has 0 bridgehead atoms. The molecular formula is C28H33Cl2N9O2S. The van der Waals surface area contributed by atoms with Gasteiger partial charge in [0.25, 0.3) is 0 Å². The number of rotatable bonds is 5. The lowest BCUT2D eigenvalue weighted by Crippen LogP contribution is -2.50. The van der Waals surface area contributed by atoms with Gasteiger partial charge in [0.1, 0.15) is 17.5 Å². The number of pyridine rings is 4. The van der Waals surface area contributed by atoms with E-state index in [2.05, 4.69) is 46.7 Å². The lowest BCUT2D eigenvalue weighted by atomic mass is 10.2. The quantitative estimate of drug-likeness (QED) is 0.338. The van der Waals surface area contributed by atoms with Crippen LogP contribution in [0, 0.1) is 13.8 Å². The number of hydrogen-bond acceptors (Lipinski definition) is 9. The van der Waals surface area contributed by atoms with E-state index in [1.807, 2.05) is 19.1 Å². The topological polar surface area (TPSA) is 119 Å². The first-order valence-corrected chi connectivity index (χ1v) is 15.8. The molecule has 2 fully saturated rings. The van der Waals surface area contributed by atoms with E-state index in [1.54, 1.807) is 42.9 Å². The highest BCUT2D eigenvalue weighted by atomic mass is 35.5. The van der Waals surface area contributed by atoms with Crippen LogP contribution in [0.4, 0.5) is 17.5 Å². The van der Waals surface area contributed by atoms with Gasteiger partial charge in [0.05, 0.1) is 21.1 Å². The molecule has 2 aliphatic rings. The first-order valence-electron chi connectivity index (χ1n) is 13.6. The zero-order chi connectivity index (χ0) is 29.7. The van der Waals surface area contributed by atoms with Crippen molar-refractivity contribution in [2.75, 3.05) is 66.9 Å². The molecule has 0 amide bonds. The maximum absolute atomic E-state index is 12.8. The third-order valence-electron chi connectivity index (χ3n) is 7.02. The summed E-state index contributed by atoms with van der Waals surface area (Å²) < 4.78 is 29.5. The van der Waals surface area contributed by atoms with Crippen molar-refractivity contribution in [2.45, 2.75) is 13.8 Å². The van der Waals surface area contributed by atoms with Crippen molar-refractivity contribution < 1.29 is 8.42 Å². The number of halogens is 2. The second-order valence-corrected chi connectivity index (χ2v) is 12.6. The normalized spacial score (nSPS) is 16.2. The minimum atomic E-state index is -3.70. The summed E-state index contributed by atoms with van der Waals surface area (Å²) in [6.07, 6.45) is 4.99. The molecule has 0 aliphatic carbocycles. The van der Waals surface area contributed by atoms with Crippen LogP contribution in [0.2, 0.25) is 10.0 Å². The average molecular weight is 631 g/mol. The second kappa shape index (κ2) is 13.3. The Morgan fingerprint density at radius 1 is 0.786 bits per heavy atom. The smallest absolute Gasteiger partial charge is 0.302 e. The van der Waals surface area contributed by atoms with Crippen LogP contribution >= 0.6 is 23.2 Å². The molecule has 42 heavy (non-hydrogen) atoms. The van der Waals surface area contributed by atoms with Crippen LogP contribution in [0.3, 0.4) is 0 Å². The molecule has 0 saturated carbocycles. The van der Waals surface area contributed by atoms with E-state index >= 15 is 0 Å². The highest BCUT2D eigenvalue weighted by Gasteiger charge is 2.28. The molecular weight excluding hydrogens is 597 g/mol. The third kappa shape index (κ3) is 7.37. The van der Waals surface area contributed by atoms with E-state index in [9.17, 15) is 8.42 Å². The number of nitrogens with one attached hydrogen (secondary N) is 2. The SMILES string of the molecule is Cc1cc(Cl)cnc1N1CCN(S(=O)(=O)Nc2ccc3ncccc3n2)CC1.Cc1cc(Cl)cnc1N1CCNCC1. The number of piperazine rings is 2. The number of hydrogen-bond donors (Lipinski definition) is 2. The summed E-state index contributed by atoms with van der Waals surface area (Å²) in [5.74, 6) is 2.17. The van der Waals surface area contributed by atoms with Crippen LogP contribution in [-0.2, 0) is 10.2 Å². The molecule has 6 heterocycles. The second-order valence-electron chi connectivity index (χ2n) is 10.1. The number of nitrogens with zero attached hydrogens (tertiary/aromatic N) is 7.